The van der Waals surface area contributed by atoms with Gasteiger partial charge in [-0.2, -0.15) is 0 Å². The maximum absolute atomic E-state index is 10.9. The molecule has 0 spiro atoms. The van der Waals surface area contributed by atoms with Crippen LogP contribution in [0.15, 0.2) is 12.7 Å². The first-order chi connectivity index (χ1) is 8.79. The van der Waals surface area contributed by atoms with Crippen molar-refractivity contribution >= 4 is 28.2 Å². The maximum atomic E-state index is 10.9. The summed E-state index contributed by atoms with van der Waals surface area (Å²) < 4.78 is 19.1. The molecule has 19 heavy (non-hydrogen) atoms. The Morgan fingerprint density at radius 2 is 1.68 bits per heavy atom. The van der Waals surface area contributed by atoms with Crippen LogP contribution in [0.2, 0.25) is 0 Å². The van der Waals surface area contributed by atoms with Gasteiger partial charge in [-0.15, -0.1) is 0 Å². The Hall–Kier alpha value is -1.67. The van der Waals surface area contributed by atoms with Crippen molar-refractivity contribution in [3.8, 4) is 0 Å². The smallest absolute Gasteiger partial charge is 0.335 e. The molecule has 3 radical (unpaired) electrons. The van der Waals surface area contributed by atoms with Crippen molar-refractivity contribution in [3.63, 3.8) is 0 Å². The van der Waals surface area contributed by atoms with Crippen LogP contribution >= 0.6 is 0 Å². The zero-order valence-electron chi connectivity index (χ0n) is 10.8. The molecule has 105 valence electrons. The maximum Gasteiger partial charge on any atom is 0.335 e. The van der Waals surface area contributed by atoms with E-state index in [4.69, 9.17) is 9.47 Å². The van der Waals surface area contributed by atoms with E-state index in [1.54, 1.807) is 0 Å². The van der Waals surface area contributed by atoms with Crippen LogP contribution in [0.4, 0.5) is 0 Å². The van der Waals surface area contributed by atoms with E-state index in [1.807, 2.05) is 0 Å². The quantitative estimate of drug-likeness (QED) is 0.204. The van der Waals surface area contributed by atoms with Crippen molar-refractivity contribution < 1.29 is 33.3 Å². The molecule has 0 heterocycles. The summed E-state index contributed by atoms with van der Waals surface area (Å²) in [6, 6.07) is 0. The van der Waals surface area contributed by atoms with Gasteiger partial charge in [0.1, 0.15) is 0 Å². The highest BCUT2D eigenvalue weighted by Gasteiger charge is 2.32. The summed E-state index contributed by atoms with van der Waals surface area (Å²) in [5.74, 6) is -1.95. The second-order valence-corrected chi connectivity index (χ2v) is 3.93. The molecular weight excluding hydrogens is 272 g/mol. The van der Waals surface area contributed by atoms with E-state index in [2.05, 4.69) is 26.3 Å². The number of rotatable bonds is 8. The summed E-state index contributed by atoms with van der Waals surface area (Å²) in [5.41, 5.74) is -1.97. The molecule has 0 fully saturated rings. The lowest BCUT2D eigenvalue weighted by molar-refractivity contribution is -0.294. The van der Waals surface area contributed by atoms with Gasteiger partial charge in [-0.1, -0.05) is 6.58 Å². The lowest BCUT2D eigenvalue weighted by Crippen LogP contribution is -2.43. The topological polar surface area (TPSA) is 88.1 Å². The number of carbonyl (C=O) groups excluding carboxylic acids is 3. The van der Waals surface area contributed by atoms with E-state index in [0.717, 1.165) is 19.9 Å². The van der Waals surface area contributed by atoms with E-state index in [1.165, 1.54) is 0 Å². The van der Waals surface area contributed by atoms with Crippen LogP contribution in [-0.2, 0) is 33.3 Å². The number of hydrogen-bond acceptors (Lipinski definition) is 7. The molecule has 0 saturated heterocycles. The molecule has 0 saturated carbocycles. The molecule has 0 rings (SSSR count). The fourth-order valence-corrected chi connectivity index (χ4v) is 1.34. The first-order valence-corrected chi connectivity index (χ1v) is 5.86. The molecule has 0 aromatic rings. The Bertz CT molecular complexity index is 337. The average molecular weight is 287 g/mol. The molecule has 0 bridgehead atoms. The second kappa shape index (κ2) is 8.43. The molecule has 7 nitrogen and oxygen atoms in total. The van der Waals surface area contributed by atoms with Crippen LogP contribution in [0.5, 0.6) is 0 Å². The Morgan fingerprint density at radius 3 is 2.11 bits per heavy atom. The van der Waals surface area contributed by atoms with Crippen molar-refractivity contribution in [2.45, 2.75) is 25.9 Å². The summed E-state index contributed by atoms with van der Waals surface area (Å²) in [7, 11) is 2.91. The Kier molecular flexibility index (Phi) is 7.69. The van der Waals surface area contributed by atoms with E-state index >= 15 is 0 Å². The normalized spacial score (nSPS) is 10.5. The molecule has 0 aromatic carbocycles. The van der Waals surface area contributed by atoms with Crippen LogP contribution in [0.25, 0.3) is 0 Å². The van der Waals surface area contributed by atoms with Crippen molar-refractivity contribution in [1.29, 1.82) is 0 Å². The zero-order chi connectivity index (χ0) is 14.9. The summed E-state index contributed by atoms with van der Waals surface area (Å²) in [4.78, 5) is 32.4. The number of ether oxygens (including phenoxy) is 4. The monoisotopic (exact) mass is 287 g/mol. The van der Waals surface area contributed by atoms with Crippen LogP contribution < -0.4 is 0 Å². The average Bonchev–Trinajstić information content (AvgIpc) is 2.25. The largest absolute Gasteiger partial charge is 0.462 e. The molecule has 0 unspecified atom stereocenters. The molecule has 0 N–H and O–H groups in total. The summed E-state index contributed by atoms with van der Waals surface area (Å²) in [6.45, 7) is 5.61. The van der Waals surface area contributed by atoms with Crippen LogP contribution in [0.3, 0.4) is 0 Å². The summed E-state index contributed by atoms with van der Waals surface area (Å²) in [5, 5.41) is 0. The van der Waals surface area contributed by atoms with Gasteiger partial charge in [0, 0.05) is 26.3 Å². The van der Waals surface area contributed by atoms with E-state index in [9.17, 15) is 14.4 Å². The van der Waals surface area contributed by atoms with Crippen LogP contribution in [0.1, 0.15) is 20.3 Å². The van der Waals surface area contributed by atoms with Gasteiger partial charge in [0.2, 0.25) is 0 Å². The Labute approximate surface area is 114 Å². The zero-order valence-corrected chi connectivity index (χ0v) is 11.8. The highest BCUT2D eigenvalue weighted by molar-refractivity contribution is 6.13. The first-order valence-electron chi connectivity index (χ1n) is 5.36. The predicted molar refractivity (Wildman–Crippen MR) is 63.7 cm³/mol. The van der Waals surface area contributed by atoms with Gasteiger partial charge in [0.15, 0.2) is 10.2 Å². The lowest BCUT2D eigenvalue weighted by Gasteiger charge is -2.27. The van der Waals surface area contributed by atoms with Crippen molar-refractivity contribution in [2.24, 2.45) is 0 Å². The lowest BCUT2D eigenvalue weighted by atomic mass is 10.5. The summed E-state index contributed by atoms with van der Waals surface area (Å²) in [6.07, 6.45) is 1.35. The van der Waals surface area contributed by atoms with Gasteiger partial charge in [-0.05, 0) is 0 Å². The molecule has 0 amide bonds. The van der Waals surface area contributed by atoms with Crippen molar-refractivity contribution in [1.82, 2.24) is 0 Å². The van der Waals surface area contributed by atoms with Crippen molar-refractivity contribution in [3.05, 3.63) is 12.7 Å². The highest BCUT2D eigenvalue weighted by Crippen LogP contribution is 2.12. The minimum absolute atomic E-state index is 0.0223. The molecular formula is C11H15O7Si. The minimum Gasteiger partial charge on any atom is -0.462 e. The minimum atomic E-state index is -1.97. The van der Waals surface area contributed by atoms with Gasteiger partial charge in [-0.25, -0.2) is 4.79 Å². The summed E-state index contributed by atoms with van der Waals surface area (Å²) >= 11 is 0. The molecule has 0 atom stereocenters. The molecule has 0 aliphatic rings. The molecule has 0 aliphatic carbocycles. The molecule has 0 aromatic heterocycles. The Morgan fingerprint density at radius 1 is 1.16 bits per heavy atom. The van der Waals surface area contributed by atoms with Gasteiger partial charge in [0.05, 0.1) is 13.2 Å². The SMILES string of the molecule is C=CC(=O)OCCCOC([Si])(OC(C)=O)OC(C)=O. The number of carbonyl (C=O) groups is 3. The first kappa shape index (κ1) is 17.3. The molecule has 0 aliphatic heterocycles. The fraction of sp³-hybridized carbons (Fsp3) is 0.545. The third-order valence-corrected chi connectivity index (χ3v) is 1.90. The van der Waals surface area contributed by atoms with E-state index in [-0.39, 0.29) is 13.2 Å². The Balaban J connectivity index is 4.12. The van der Waals surface area contributed by atoms with Gasteiger partial charge in [-0.3, -0.25) is 9.59 Å². The van der Waals surface area contributed by atoms with Crippen molar-refractivity contribution in [2.75, 3.05) is 13.2 Å². The van der Waals surface area contributed by atoms with Gasteiger partial charge >= 0.3 is 23.5 Å². The second-order valence-electron chi connectivity index (χ2n) is 3.32. The van der Waals surface area contributed by atoms with Gasteiger partial charge in [0.25, 0.3) is 0 Å². The highest BCUT2D eigenvalue weighted by atomic mass is 28.1. The van der Waals surface area contributed by atoms with Gasteiger partial charge < -0.3 is 18.9 Å². The predicted octanol–water partition coefficient (Wildman–Crippen LogP) is 0.0283. The van der Waals surface area contributed by atoms with Crippen LogP contribution in [0, 0.1) is 0 Å². The van der Waals surface area contributed by atoms with Crippen LogP contribution in [-0.4, -0.2) is 47.0 Å². The third kappa shape index (κ3) is 8.97. The standard InChI is InChI=1S/C11H15O7Si/c1-4-10(14)15-6-5-7-16-11(19,17-8(2)12)18-9(3)13/h4H,1,5-7H2,2-3H3. The fourth-order valence-electron chi connectivity index (χ4n) is 0.955. The molecule has 8 heteroatoms. The third-order valence-electron chi connectivity index (χ3n) is 1.55. The number of esters is 3. The van der Waals surface area contributed by atoms with E-state index < -0.39 is 23.5 Å². The van der Waals surface area contributed by atoms with E-state index in [0.29, 0.717) is 6.42 Å². The number of hydrogen-bond donors (Lipinski definition) is 0.